The molecule has 3 nitrogen and oxygen atoms in total. The monoisotopic (exact) mass is 412 g/mol. The van der Waals surface area contributed by atoms with Crippen molar-refractivity contribution in [3.8, 4) is 0 Å². The van der Waals surface area contributed by atoms with Gasteiger partial charge in [0.05, 0.1) is 17.3 Å². The third-order valence-corrected chi connectivity index (χ3v) is 5.05. The number of carbonyl (C=O) groups is 1. The van der Waals surface area contributed by atoms with Crippen LogP contribution in [0.1, 0.15) is 28.9 Å². The fourth-order valence-corrected chi connectivity index (χ4v) is 2.73. The number of carbonyl (C=O) groups excluding carboxylic acids is 1. The van der Waals surface area contributed by atoms with Crippen LogP contribution in [0.3, 0.4) is 0 Å². The highest BCUT2D eigenvalue weighted by Gasteiger charge is 2.33. The fourth-order valence-electron chi connectivity index (χ4n) is 2.21. The van der Waals surface area contributed by atoms with Crippen LogP contribution in [0.2, 0.25) is 5.02 Å². The Kier molecular flexibility index (Phi) is 4.45. The van der Waals surface area contributed by atoms with E-state index in [0.29, 0.717) is 23.2 Å². The Morgan fingerprint density at radius 1 is 1.33 bits per heavy atom. The maximum absolute atomic E-state index is 12.7. The van der Waals surface area contributed by atoms with Crippen molar-refractivity contribution in [3.63, 3.8) is 0 Å². The van der Waals surface area contributed by atoms with E-state index in [1.807, 2.05) is 35.2 Å². The van der Waals surface area contributed by atoms with E-state index in [-0.39, 0.29) is 5.91 Å². The molecule has 1 aliphatic carbocycles. The average Bonchev–Trinajstić information content (AvgIpc) is 3.33. The lowest BCUT2D eigenvalue weighted by atomic mass is 10.2. The first-order chi connectivity index (χ1) is 10.1. The molecule has 0 N–H and O–H groups in total. The lowest BCUT2D eigenvalue weighted by Gasteiger charge is -2.22. The van der Waals surface area contributed by atoms with Crippen molar-refractivity contribution in [2.24, 2.45) is 0 Å². The summed E-state index contributed by atoms with van der Waals surface area (Å²) in [4.78, 5) is 19.0. The van der Waals surface area contributed by atoms with Crippen molar-refractivity contribution in [1.29, 1.82) is 0 Å². The van der Waals surface area contributed by atoms with E-state index in [9.17, 15) is 4.79 Å². The van der Waals surface area contributed by atoms with Crippen molar-refractivity contribution in [2.75, 3.05) is 0 Å². The number of halogens is 2. The number of nitrogens with zero attached hydrogens (tertiary/aromatic N) is 2. The van der Waals surface area contributed by atoms with Gasteiger partial charge in [-0.05, 0) is 65.8 Å². The number of aromatic nitrogens is 1. The minimum Gasteiger partial charge on any atom is -0.330 e. The number of hydrogen-bond donors (Lipinski definition) is 0. The molecule has 5 heteroatoms. The third kappa shape index (κ3) is 3.55. The summed E-state index contributed by atoms with van der Waals surface area (Å²) in [5.41, 5.74) is 1.55. The second-order valence-corrected chi connectivity index (χ2v) is 6.68. The van der Waals surface area contributed by atoms with Crippen molar-refractivity contribution in [2.45, 2.75) is 25.4 Å². The van der Waals surface area contributed by atoms with Crippen molar-refractivity contribution >= 4 is 40.1 Å². The minimum absolute atomic E-state index is 0.0291. The molecule has 1 aromatic carbocycles. The molecule has 0 unspecified atom stereocenters. The van der Waals surface area contributed by atoms with Gasteiger partial charge in [0.2, 0.25) is 0 Å². The fraction of sp³-hybridized carbons (Fsp3) is 0.250. The SMILES string of the molecule is O=C(c1ccc(I)c(Cl)c1)N(Cc1ccccn1)C1CC1. The van der Waals surface area contributed by atoms with Gasteiger partial charge in [-0.3, -0.25) is 9.78 Å². The Balaban J connectivity index is 1.83. The highest BCUT2D eigenvalue weighted by atomic mass is 127. The predicted octanol–water partition coefficient (Wildman–Crippen LogP) is 4.14. The van der Waals surface area contributed by atoms with Crippen LogP contribution in [0.5, 0.6) is 0 Å². The first-order valence-electron chi connectivity index (χ1n) is 6.81. The van der Waals surface area contributed by atoms with Crippen LogP contribution in [-0.2, 0) is 6.54 Å². The molecular formula is C16H14ClIN2O. The van der Waals surface area contributed by atoms with E-state index in [0.717, 1.165) is 22.1 Å². The molecule has 21 heavy (non-hydrogen) atoms. The summed E-state index contributed by atoms with van der Waals surface area (Å²) in [6, 6.07) is 11.6. The van der Waals surface area contributed by atoms with E-state index in [1.54, 1.807) is 12.3 Å². The van der Waals surface area contributed by atoms with E-state index in [1.165, 1.54) is 0 Å². The summed E-state index contributed by atoms with van der Waals surface area (Å²) in [5.74, 6) is 0.0291. The van der Waals surface area contributed by atoms with Crippen LogP contribution < -0.4 is 0 Å². The van der Waals surface area contributed by atoms with Crippen LogP contribution in [0.4, 0.5) is 0 Å². The average molecular weight is 413 g/mol. The lowest BCUT2D eigenvalue weighted by Crippen LogP contribution is -2.32. The van der Waals surface area contributed by atoms with Gasteiger partial charge in [-0.1, -0.05) is 17.7 Å². The van der Waals surface area contributed by atoms with Crippen LogP contribution in [0.15, 0.2) is 42.6 Å². The highest BCUT2D eigenvalue weighted by Crippen LogP contribution is 2.30. The molecule has 0 aliphatic heterocycles. The summed E-state index contributed by atoms with van der Waals surface area (Å²) in [7, 11) is 0. The quantitative estimate of drug-likeness (QED) is 0.707. The zero-order chi connectivity index (χ0) is 14.8. The van der Waals surface area contributed by atoms with Gasteiger partial charge in [0, 0.05) is 21.4 Å². The number of rotatable bonds is 4. The topological polar surface area (TPSA) is 33.2 Å². The van der Waals surface area contributed by atoms with Gasteiger partial charge < -0.3 is 4.90 Å². The molecule has 1 aliphatic rings. The first-order valence-corrected chi connectivity index (χ1v) is 8.27. The number of hydrogen-bond acceptors (Lipinski definition) is 2. The Morgan fingerprint density at radius 3 is 2.76 bits per heavy atom. The molecule has 1 saturated carbocycles. The second kappa shape index (κ2) is 6.32. The maximum atomic E-state index is 12.7. The number of benzene rings is 1. The van der Waals surface area contributed by atoms with Crippen molar-refractivity contribution in [1.82, 2.24) is 9.88 Å². The Labute approximate surface area is 142 Å². The first kappa shape index (κ1) is 14.8. The third-order valence-electron chi connectivity index (χ3n) is 3.47. The second-order valence-electron chi connectivity index (χ2n) is 5.11. The molecule has 0 spiro atoms. The molecule has 1 amide bonds. The molecule has 0 atom stereocenters. The van der Waals surface area contributed by atoms with Gasteiger partial charge in [0.25, 0.3) is 5.91 Å². The Morgan fingerprint density at radius 2 is 2.14 bits per heavy atom. The molecule has 3 rings (SSSR count). The molecule has 0 bridgehead atoms. The highest BCUT2D eigenvalue weighted by molar-refractivity contribution is 14.1. The minimum atomic E-state index is 0.0291. The van der Waals surface area contributed by atoms with E-state index in [2.05, 4.69) is 27.6 Å². The van der Waals surface area contributed by atoms with Gasteiger partial charge >= 0.3 is 0 Å². The van der Waals surface area contributed by atoms with Gasteiger partial charge in [-0.25, -0.2) is 0 Å². The van der Waals surface area contributed by atoms with Crippen LogP contribution >= 0.6 is 34.2 Å². The molecule has 1 heterocycles. The summed E-state index contributed by atoms with van der Waals surface area (Å²) in [6.07, 6.45) is 3.89. The number of pyridine rings is 1. The zero-order valence-electron chi connectivity index (χ0n) is 11.3. The molecule has 0 radical (unpaired) electrons. The van der Waals surface area contributed by atoms with Crippen LogP contribution in [0, 0.1) is 3.57 Å². The molecule has 2 aromatic rings. The van der Waals surface area contributed by atoms with Gasteiger partial charge in [0.1, 0.15) is 0 Å². The molecule has 1 aromatic heterocycles. The van der Waals surface area contributed by atoms with Gasteiger partial charge in [-0.15, -0.1) is 0 Å². The van der Waals surface area contributed by atoms with E-state index < -0.39 is 0 Å². The van der Waals surface area contributed by atoms with Crippen LogP contribution in [0.25, 0.3) is 0 Å². The number of amides is 1. The van der Waals surface area contributed by atoms with Crippen molar-refractivity contribution < 1.29 is 4.79 Å². The summed E-state index contributed by atoms with van der Waals surface area (Å²) < 4.78 is 0.952. The lowest BCUT2D eigenvalue weighted by molar-refractivity contribution is 0.0727. The van der Waals surface area contributed by atoms with Crippen molar-refractivity contribution in [3.05, 3.63) is 62.4 Å². The Bertz CT molecular complexity index is 659. The normalized spacial score (nSPS) is 14.0. The molecule has 108 valence electrons. The summed E-state index contributed by atoms with van der Waals surface area (Å²) in [6.45, 7) is 0.550. The summed E-state index contributed by atoms with van der Waals surface area (Å²) >= 11 is 8.29. The smallest absolute Gasteiger partial charge is 0.254 e. The van der Waals surface area contributed by atoms with Gasteiger partial charge in [-0.2, -0.15) is 0 Å². The maximum Gasteiger partial charge on any atom is 0.254 e. The van der Waals surface area contributed by atoms with Crippen LogP contribution in [-0.4, -0.2) is 21.8 Å². The Hall–Kier alpha value is -1.14. The molecular weight excluding hydrogens is 399 g/mol. The standard InChI is InChI=1S/C16H14ClIN2O/c17-14-9-11(4-7-15(14)18)16(21)20(13-5-6-13)10-12-3-1-2-8-19-12/h1-4,7-9,13H,5-6,10H2. The largest absolute Gasteiger partial charge is 0.330 e. The molecule has 1 fully saturated rings. The van der Waals surface area contributed by atoms with E-state index in [4.69, 9.17) is 11.6 Å². The zero-order valence-corrected chi connectivity index (χ0v) is 14.2. The van der Waals surface area contributed by atoms with Gasteiger partial charge in [0.15, 0.2) is 0 Å². The van der Waals surface area contributed by atoms with E-state index >= 15 is 0 Å². The summed E-state index contributed by atoms with van der Waals surface area (Å²) in [5, 5.41) is 0.620. The predicted molar refractivity (Wildman–Crippen MR) is 91.3 cm³/mol. The molecule has 0 saturated heterocycles.